The molecule has 0 amide bonds. The van der Waals surface area contributed by atoms with Crippen LogP contribution in [-0.2, 0) is 20.1 Å². The van der Waals surface area contributed by atoms with Crippen LogP contribution < -0.4 is 5.19 Å². The summed E-state index contributed by atoms with van der Waals surface area (Å²) in [5.41, 5.74) is 6.57. The van der Waals surface area contributed by atoms with Gasteiger partial charge in [-0.1, -0.05) is 67.0 Å². The first-order valence-electron chi connectivity index (χ1n) is 12.5. The molecule has 3 aromatic heterocycles. The van der Waals surface area contributed by atoms with Gasteiger partial charge in [0.1, 0.15) is 0 Å². The summed E-state index contributed by atoms with van der Waals surface area (Å²) in [6.07, 6.45) is 3.76. The van der Waals surface area contributed by atoms with E-state index in [1.54, 1.807) is 5.19 Å². The molecule has 6 aromatic rings. The van der Waals surface area contributed by atoms with Crippen molar-refractivity contribution in [3.63, 3.8) is 0 Å². The minimum absolute atomic E-state index is 0. The van der Waals surface area contributed by atoms with Crippen molar-refractivity contribution in [3.05, 3.63) is 115 Å². The van der Waals surface area contributed by atoms with Crippen molar-refractivity contribution in [2.75, 3.05) is 0 Å². The van der Waals surface area contributed by atoms with Gasteiger partial charge in [0, 0.05) is 37.2 Å². The van der Waals surface area contributed by atoms with Crippen LogP contribution in [0.15, 0.2) is 91.3 Å². The number of pyridine rings is 2. The Balaban J connectivity index is 0.000000204. The van der Waals surface area contributed by atoms with Crippen LogP contribution in [0, 0.1) is 26.0 Å². The van der Waals surface area contributed by atoms with E-state index in [0.29, 0.717) is 0 Å². The minimum atomic E-state index is -1.38. The van der Waals surface area contributed by atoms with Crippen LogP contribution in [-0.4, -0.2) is 18.0 Å². The number of nitrogens with zero attached hydrogens (tertiary/aromatic N) is 2. The summed E-state index contributed by atoms with van der Waals surface area (Å²) in [5, 5.41) is 4.24. The predicted molar refractivity (Wildman–Crippen MR) is 162 cm³/mol. The third-order valence-corrected chi connectivity index (χ3v) is 9.82. The fraction of sp³-hybridized carbons (Fsp3) is 0.152. The van der Waals surface area contributed by atoms with Crippen LogP contribution in [0.3, 0.4) is 0 Å². The third-order valence-electron chi connectivity index (χ3n) is 6.33. The molecule has 0 unspecified atom stereocenters. The molecule has 0 fully saturated rings. The molecule has 0 aliphatic rings. The molecule has 0 saturated carbocycles. The normalized spacial score (nSPS) is 11.1. The molecule has 5 heteroatoms. The molecule has 6 rings (SSSR count). The molecule has 0 spiro atoms. The largest absolute Gasteiger partial charge is 0.305 e. The number of hydrogen-bond acceptors (Lipinski definition) is 3. The second kappa shape index (κ2) is 11.8. The average Bonchev–Trinajstić information content (AvgIpc) is 3.28. The van der Waals surface area contributed by atoms with E-state index in [1.807, 2.05) is 73.1 Å². The zero-order chi connectivity index (χ0) is 26.0. The predicted octanol–water partition coefficient (Wildman–Crippen LogP) is 8.63. The van der Waals surface area contributed by atoms with Crippen LogP contribution in [0.1, 0.15) is 11.1 Å². The number of aromatic nitrogens is 2. The monoisotopic (exact) mass is 707 g/mol. The molecular formula is C33H30IrN2SSi-2. The van der Waals surface area contributed by atoms with E-state index >= 15 is 0 Å². The first-order valence-corrected chi connectivity index (χ1v) is 16.8. The van der Waals surface area contributed by atoms with Crippen molar-refractivity contribution < 1.29 is 20.1 Å². The van der Waals surface area contributed by atoms with Gasteiger partial charge in [-0.2, -0.15) is 11.3 Å². The Morgan fingerprint density at radius 3 is 2.21 bits per heavy atom. The van der Waals surface area contributed by atoms with Gasteiger partial charge >= 0.3 is 0 Å². The number of rotatable bonds is 3. The molecule has 0 atom stereocenters. The number of hydrogen-bond donors (Lipinski definition) is 0. The maximum atomic E-state index is 4.59. The van der Waals surface area contributed by atoms with Gasteiger partial charge in [0.05, 0.1) is 8.07 Å². The molecule has 1 radical (unpaired) electrons. The quantitative estimate of drug-likeness (QED) is 0.136. The SMILES string of the molecule is Cc1ccc(-c2[c-]cccc2)nc1.Cc1ccnc(-c2[c-]ccc3c2sc2c([Si](C)(C)C)cccc23)c1.[Ir]. The molecule has 38 heavy (non-hydrogen) atoms. The fourth-order valence-corrected chi connectivity index (χ4v) is 8.10. The van der Waals surface area contributed by atoms with E-state index in [1.165, 1.54) is 31.3 Å². The van der Waals surface area contributed by atoms with Crippen molar-refractivity contribution in [3.8, 4) is 22.5 Å². The minimum Gasteiger partial charge on any atom is -0.305 e. The first-order chi connectivity index (χ1) is 17.8. The first kappa shape index (κ1) is 28.1. The third kappa shape index (κ3) is 6.03. The molecule has 0 aliphatic carbocycles. The van der Waals surface area contributed by atoms with Gasteiger partial charge in [0.2, 0.25) is 0 Å². The maximum Gasteiger partial charge on any atom is 0.0794 e. The number of benzene rings is 3. The second-order valence-corrected chi connectivity index (χ2v) is 16.4. The number of aryl methyl sites for hydroxylation is 2. The van der Waals surface area contributed by atoms with Crippen LogP contribution in [0.4, 0.5) is 0 Å². The van der Waals surface area contributed by atoms with Crippen molar-refractivity contribution in [1.82, 2.24) is 9.97 Å². The van der Waals surface area contributed by atoms with Gasteiger partial charge in [-0.15, -0.1) is 59.7 Å². The zero-order valence-corrected chi connectivity index (χ0v) is 26.5. The molecule has 193 valence electrons. The van der Waals surface area contributed by atoms with Crippen molar-refractivity contribution in [2.24, 2.45) is 0 Å². The van der Waals surface area contributed by atoms with E-state index in [9.17, 15) is 0 Å². The smallest absolute Gasteiger partial charge is 0.0794 e. The Morgan fingerprint density at radius 1 is 0.711 bits per heavy atom. The molecule has 2 nitrogen and oxygen atoms in total. The Hall–Kier alpha value is -2.95. The molecular weight excluding hydrogens is 677 g/mol. The van der Waals surface area contributed by atoms with Crippen LogP contribution in [0.25, 0.3) is 42.7 Å². The zero-order valence-electron chi connectivity index (χ0n) is 22.3. The summed E-state index contributed by atoms with van der Waals surface area (Å²) < 4.78 is 2.75. The van der Waals surface area contributed by atoms with Gasteiger partial charge < -0.3 is 9.97 Å². The summed E-state index contributed by atoms with van der Waals surface area (Å²) in [6, 6.07) is 33.7. The summed E-state index contributed by atoms with van der Waals surface area (Å²) in [7, 11) is -1.38. The molecule has 0 bridgehead atoms. The Kier molecular flexibility index (Phi) is 8.74. The summed E-state index contributed by atoms with van der Waals surface area (Å²) in [5.74, 6) is 0. The fourth-order valence-electron chi connectivity index (χ4n) is 4.40. The van der Waals surface area contributed by atoms with E-state index in [0.717, 1.165) is 22.5 Å². The van der Waals surface area contributed by atoms with Crippen LogP contribution in [0.2, 0.25) is 19.6 Å². The standard InChI is InChI=1S/C21H20NSSi.C12H10N.Ir/c1-14-11-12-22-18(13-14)17-9-5-7-15-16-8-6-10-19(24(2,3)4)21(16)23-20(15)17;1-10-7-8-12(13-9-10)11-5-3-2-4-6-11;/h5-8,10-13H,1-4H3;2-5,7-9H,1H3;/q2*-1;. The van der Waals surface area contributed by atoms with E-state index in [-0.39, 0.29) is 20.1 Å². The van der Waals surface area contributed by atoms with Gasteiger partial charge in [0.25, 0.3) is 0 Å². The van der Waals surface area contributed by atoms with Gasteiger partial charge in [-0.3, -0.25) is 0 Å². The second-order valence-electron chi connectivity index (χ2n) is 10.3. The van der Waals surface area contributed by atoms with E-state index < -0.39 is 8.07 Å². The van der Waals surface area contributed by atoms with Crippen molar-refractivity contribution in [1.29, 1.82) is 0 Å². The molecule has 3 aromatic carbocycles. The van der Waals surface area contributed by atoms with Crippen molar-refractivity contribution in [2.45, 2.75) is 33.5 Å². The molecule has 3 heterocycles. The van der Waals surface area contributed by atoms with Gasteiger partial charge in [0.15, 0.2) is 0 Å². The number of fused-ring (bicyclic) bond motifs is 3. The average molecular weight is 707 g/mol. The maximum absolute atomic E-state index is 4.59. The summed E-state index contributed by atoms with van der Waals surface area (Å²) in [6.45, 7) is 11.4. The van der Waals surface area contributed by atoms with Crippen molar-refractivity contribution >= 4 is 44.8 Å². The summed E-state index contributed by atoms with van der Waals surface area (Å²) >= 11 is 1.91. The Labute approximate surface area is 244 Å². The Morgan fingerprint density at radius 2 is 1.53 bits per heavy atom. The topological polar surface area (TPSA) is 25.8 Å². The number of thiophene rings is 1. The van der Waals surface area contributed by atoms with E-state index in [4.69, 9.17) is 0 Å². The Bertz CT molecular complexity index is 1670. The van der Waals surface area contributed by atoms with E-state index in [2.05, 4.69) is 85.1 Å². The van der Waals surface area contributed by atoms with Crippen LogP contribution >= 0.6 is 11.3 Å². The van der Waals surface area contributed by atoms with Crippen LogP contribution in [0.5, 0.6) is 0 Å². The summed E-state index contributed by atoms with van der Waals surface area (Å²) in [4.78, 5) is 8.90. The van der Waals surface area contributed by atoms with Gasteiger partial charge in [-0.25, -0.2) is 0 Å². The molecule has 0 saturated heterocycles. The molecule has 0 aliphatic heterocycles. The molecule has 0 N–H and O–H groups in total. The van der Waals surface area contributed by atoms with Gasteiger partial charge in [-0.05, 0) is 52.1 Å².